The summed E-state index contributed by atoms with van der Waals surface area (Å²) < 4.78 is 37.4. The van der Waals surface area contributed by atoms with Gasteiger partial charge in [0.15, 0.2) is 5.78 Å². The summed E-state index contributed by atoms with van der Waals surface area (Å²) in [7, 11) is 1.66. The van der Waals surface area contributed by atoms with Crippen LogP contribution in [-0.4, -0.2) is 19.4 Å². The van der Waals surface area contributed by atoms with E-state index in [-0.39, 0.29) is 17.7 Å². The predicted molar refractivity (Wildman–Crippen MR) is 58.7 cm³/mol. The van der Waals surface area contributed by atoms with Gasteiger partial charge in [0.25, 0.3) is 0 Å². The van der Waals surface area contributed by atoms with Crippen molar-refractivity contribution in [3.05, 3.63) is 29.3 Å². The van der Waals surface area contributed by atoms with E-state index in [2.05, 4.69) is 5.32 Å². The number of hydrogen-bond donors (Lipinski definition) is 2. The van der Waals surface area contributed by atoms with Gasteiger partial charge in [0, 0.05) is 24.2 Å². The van der Waals surface area contributed by atoms with Crippen molar-refractivity contribution in [1.29, 1.82) is 0 Å². The van der Waals surface area contributed by atoms with Gasteiger partial charge in [-0.15, -0.1) is 0 Å². The maximum Gasteiger partial charge on any atom is 0.416 e. The molecule has 0 amide bonds. The molecule has 0 radical (unpaired) electrons. The number of anilines is 1. The van der Waals surface area contributed by atoms with Crippen molar-refractivity contribution in [2.24, 2.45) is 0 Å². The predicted octanol–water partition coefficient (Wildman–Crippen LogP) is 2.08. The van der Waals surface area contributed by atoms with Crippen LogP contribution in [-0.2, 0) is 6.18 Å². The van der Waals surface area contributed by atoms with Gasteiger partial charge in [-0.25, -0.2) is 0 Å². The standard InChI is InChI=1S/C11H13F3N2O/c1-16-5-4-10(17)8-6-7(11(12,13)14)2-3-9(8)15/h2-3,6,16H,4-5,15H2,1H3. The van der Waals surface area contributed by atoms with Gasteiger partial charge in [-0.2, -0.15) is 13.2 Å². The van der Waals surface area contributed by atoms with Gasteiger partial charge in [0.1, 0.15) is 0 Å². The van der Waals surface area contributed by atoms with E-state index in [0.717, 1.165) is 18.2 Å². The van der Waals surface area contributed by atoms with Crippen molar-refractivity contribution in [3.8, 4) is 0 Å². The summed E-state index contributed by atoms with van der Waals surface area (Å²) >= 11 is 0. The molecule has 1 rings (SSSR count). The summed E-state index contributed by atoms with van der Waals surface area (Å²) in [6.45, 7) is 0.397. The highest BCUT2D eigenvalue weighted by atomic mass is 19.4. The van der Waals surface area contributed by atoms with E-state index in [0.29, 0.717) is 6.54 Å². The summed E-state index contributed by atoms with van der Waals surface area (Å²) in [4.78, 5) is 11.6. The second kappa shape index (κ2) is 5.18. The number of nitrogen functional groups attached to an aromatic ring is 1. The molecule has 0 atom stereocenters. The Morgan fingerprint density at radius 3 is 2.59 bits per heavy atom. The van der Waals surface area contributed by atoms with E-state index >= 15 is 0 Å². The van der Waals surface area contributed by atoms with E-state index in [1.165, 1.54) is 0 Å². The second-order valence-corrected chi connectivity index (χ2v) is 3.58. The zero-order chi connectivity index (χ0) is 13.1. The summed E-state index contributed by atoms with van der Waals surface area (Å²) in [6.07, 6.45) is -4.35. The molecule has 0 saturated carbocycles. The highest BCUT2D eigenvalue weighted by Crippen LogP contribution is 2.31. The number of nitrogens with one attached hydrogen (secondary N) is 1. The number of hydrogen-bond acceptors (Lipinski definition) is 3. The number of benzene rings is 1. The number of halogens is 3. The normalized spacial score (nSPS) is 11.5. The highest BCUT2D eigenvalue weighted by molar-refractivity contribution is 6.01. The smallest absolute Gasteiger partial charge is 0.398 e. The van der Waals surface area contributed by atoms with Crippen molar-refractivity contribution in [1.82, 2.24) is 5.32 Å². The van der Waals surface area contributed by atoms with Gasteiger partial charge >= 0.3 is 6.18 Å². The summed E-state index contributed by atoms with van der Waals surface area (Å²) in [5, 5.41) is 2.75. The quantitative estimate of drug-likeness (QED) is 0.631. The summed E-state index contributed by atoms with van der Waals surface area (Å²) in [6, 6.07) is 2.77. The van der Waals surface area contributed by atoms with Crippen LogP contribution < -0.4 is 11.1 Å². The first-order chi connectivity index (χ1) is 7.86. The zero-order valence-corrected chi connectivity index (χ0v) is 9.27. The monoisotopic (exact) mass is 246 g/mol. The molecule has 0 saturated heterocycles. The van der Waals surface area contributed by atoms with Gasteiger partial charge < -0.3 is 11.1 Å². The van der Waals surface area contributed by atoms with E-state index in [9.17, 15) is 18.0 Å². The molecular weight excluding hydrogens is 233 g/mol. The lowest BCUT2D eigenvalue weighted by Crippen LogP contribution is -2.15. The maximum atomic E-state index is 12.5. The van der Waals surface area contributed by atoms with E-state index in [4.69, 9.17) is 5.73 Å². The average Bonchev–Trinajstić information content (AvgIpc) is 2.24. The Labute approximate surface area is 96.8 Å². The third-order valence-corrected chi connectivity index (χ3v) is 2.28. The number of alkyl halides is 3. The van der Waals surface area contributed by atoms with Gasteiger partial charge in [0.05, 0.1) is 5.56 Å². The summed E-state index contributed by atoms with van der Waals surface area (Å²) in [5.74, 6) is -0.400. The molecule has 1 aromatic rings. The highest BCUT2D eigenvalue weighted by Gasteiger charge is 2.31. The Hall–Kier alpha value is -1.56. The average molecular weight is 246 g/mol. The minimum absolute atomic E-state index is 0.0686. The van der Waals surface area contributed by atoms with Gasteiger partial charge in [-0.1, -0.05) is 0 Å². The van der Waals surface area contributed by atoms with Crippen LogP contribution in [0.25, 0.3) is 0 Å². The first kappa shape index (κ1) is 13.5. The van der Waals surface area contributed by atoms with Crippen molar-refractivity contribution < 1.29 is 18.0 Å². The van der Waals surface area contributed by atoms with Crippen LogP contribution in [0.3, 0.4) is 0 Å². The fourth-order valence-electron chi connectivity index (χ4n) is 1.35. The Morgan fingerprint density at radius 2 is 2.06 bits per heavy atom. The maximum absolute atomic E-state index is 12.5. The molecule has 0 fully saturated rings. The molecule has 3 nitrogen and oxygen atoms in total. The molecule has 94 valence electrons. The lowest BCUT2D eigenvalue weighted by Gasteiger charge is -2.10. The number of nitrogens with two attached hydrogens (primary N) is 1. The second-order valence-electron chi connectivity index (χ2n) is 3.58. The lowest BCUT2D eigenvalue weighted by molar-refractivity contribution is -0.137. The molecule has 6 heteroatoms. The lowest BCUT2D eigenvalue weighted by atomic mass is 10.0. The van der Waals surface area contributed by atoms with Crippen LogP contribution in [0, 0.1) is 0 Å². The number of ketones is 1. The first-order valence-electron chi connectivity index (χ1n) is 5.00. The Bertz CT molecular complexity index is 416. The number of carbonyl (C=O) groups excluding carboxylic acids is 1. The fraction of sp³-hybridized carbons (Fsp3) is 0.364. The summed E-state index contributed by atoms with van der Waals surface area (Å²) in [5.41, 5.74) is 4.63. The molecule has 0 aliphatic heterocycles. The first-order valence-corrected chi connectivity index (χ1v) is 5.00. The van der Waals surface area contributed by atoms with Crippen LogP contribution in [0.2, 0.25) is 0 Å². The molecule has 0 bridgehead atoms. The van der Waals surface area contributed by atoms with Crippen molar-refractivity contribution in [3.63, 3.8) is 0 Å². The molecule has 17 heavy (non-hydrogen) atoms. The van der Waals surface area contributed by atoms with Crippen LogP contribution in [0.15, 0.2) is 18.2 Å². The molecule has 0 spiro atoms. The molecule has 0 unspecified atom stereocenters. The van der Waals surface area contributed by atoms with Gasteiger partial charge in [-0.3, -0.25) is 4.79 Å². The van der Waals surface area contributed by atoms with Crippen LogP contribution in [0.1, 0.15) is 22.3 Å². The SMILES string of the molecule is CNCCC(=O)c1cc(C(F)(F)F)ccc1N. The van der Waals surface area contributed by atoms with E-state index in [1.807, 2.05) is 0 Å². The number of rotatable bonds is 4. The molecule has 0 aliphatic rings. The molecule has 1 aromatic carbocycles. The minimum atomic E-state index is -4.47. The molecular formula is C11H13F3N2O. The van der Waals surface area contributed by atoms with Crippen LogP contribution in [0.4, 0.5) is 18.9 Å². The fourth-order valence-corrected chi connectivity index (χ4v) is 1.35. The van der Waals surface area contributed by atoms with E-state index in [1.54, 1.807) is 7.05 Å². The zero-order valence-electron chi connectivity index (χ0n) is 9.27. The van der Waals surface area contributed by atoms with Gasteiger partial charge in [0.2, 0.25) is 0 Å². The molecule has 0 aromatic heterocycles. The molecule has 0 aliphatic carbocycles. The van der Waals surface area contributed by atoms with Crippen molar-refractivity contribution >= 4 is 11.5 Å². The number of Topliss-reactive ketones (excluding diaryl/α,β-unsaturated/α-hetero) is 1. The Balaban J connectivity index is 3.02. The Kier molecular flexibility index (Phi) is 4.11. The van der Waals surface area contributed by atoms with E-state index < -0.39 is 17.5 Å². The minimum Gasteiger partial charge on any atom is -0.398 e. The van der Waals surface area contributed by atoms with Gasteiger partial charge in [-0.05, 0) is 25.2 Å². The topological polar surface area (TPSA) is 55.1 Å². The number of carbonyl (C=O) groups is 1. The van der Waals surface area contributed by atoms with Crippen LogP contribution in [0.5, 0.6) is 0 Å². The van der Waals surface area contributed by atoms with Crippen LogP contribution >= 0.6 is 0 Å². The van der Waals surface area contributed by atoms with Crippen molar-refractivity contribution in [2.75, 3.05) is 19.3 Å². The Morgan fingerprint density at radius 1 is 1.41 bits per heavy atom. The third-order valence-electron chi connectivity index (χ3n) is 2.28. The van der Waals surface area contributed by atoms with Crippen molar-refractivity contribution in [2.45, 2.75) is 12.6 Å². The third kappa shape index (κ3) is 3.45. The molecule has 3 N–H and O–H groups in total. The molecule has 0 heterocycles. The largest absolute Gasteiger partial charge is 0.416 e.